The molecule has 20 heavy (non-hydrogen) atoms. The van der Waals surface area contributed by atoms with Crippen molar-refractivity contribution in [2.24, 2.45) is 5.73 Å². The maximum absolute atomic E-state index is 14.2. The van der Waals surface area contributed by atoms with E-state index in [1.165, 1.54) is 6.07 Å². The van der Waals surface area contributed by atoms with Crippen molar-refractivity contribution in [3.8, 4) is 0 Å². The molecule has 112 valence electrons. The van der Waals surface area contributed by atoms with Crippen LogP contribution in [0.2, 0.25) is 0 Å². The minimum absolute atomic E-state index is 0.160. The van der Waals surface area contributed by atoms with E-state index in [9.17, 15) is 17.6 Å². The summed E-state index contributed by atoms with van der Waals surface area (Å²) in [5, 5.41) is 2.55. The molecule has 0 fully saturated rings. The molecule has 0 aromatic heterocycles. The lowest BCUT2D eigenvalue weighted by Crippen LogP contribution is -2.49. The van der Waals surface area contributed by atoms with Crippen molar-refractivity contribution in [3.05, 3.63) is 28.0 Å². The molecule has 8 heteroatoms. The Bertz CT molecular complexity index is 644. The topological polar surface area (TPSA) is 89.3 Å². The summed E-state index contributed by atoms with van der Waals surface area (Å²) in [6.07, 6.45) is 0.878. The van der Waals surface area contributed by atoms with Crippen LogP contribution in [-0.2, 0) is 9.84 Å². The van der Waals surface area contributed by atoms with Gasteiger partial charge >= 0.3 is 0 Å². The molecule has 0 saturated carbocycles. The van der Waals surface area contributed by atoms with Gasteiger partial charge in [-0.3, -0.25) is 4.79 Å². The minimum Gasteiger partial charge on any atom is -0.346 e. The number of halogens is 2. The number of sulfone groups is 1. The molecule has 0 aliphatic carbocycles. The van der Waals surface area contributed by atoms with Crippen LogP contribution in [0.1, 0.15) is 24.2 Å². The summed E-state index contributed by atoms with van der Waals surface area (Å²) >= 11 is 3.07. The Hall–Kier alpha value is -0.990. The number of amides is 1. The zero-order chi connectivity index (χ0) is 15.7. The van der Waals surface area contributed by atoms with Crippen molar-refractivity contribution in [3.63, 3.8) is 0 Å². The third-order valence-electron chi connectivity index (χ3n) is 2.61. The largest absolute Gasteiger partial charge is 0.346 e. The Morgan fingerprint density at radius 1 is 1.45 bits per heavy atom. The van der Waals surface area contributed by atoms with Crippen molar-refractivity contribution >= 4 is 31.7 Å². The van der Waals surface area contributed by atoms with Crippen LogP contribution in [0.3, 0.4) is 0 Å². The van der Waals surface area contributed by atoms with E-state index in [0.717, 1.165) is 12.3 Å². The van der Waals surface area contributed by atoms with Gasteiger partial charge in [0, 0.05) is 22.8 Å². The molecule has 0 saturated heterocycles. The Morgan fingerprint density at radius 2 is 2.00 bits per heavy atom. The van der Waals surface area contributed by atoms with E-state index in [-0.39, 0.29) is 12.1 Å². The molecule has 0 bridgehead atoms. The van der Waals surface area contributed by atoms with E-state index in [4.69, 9.17) is 5.73 Å². The molecule has 0 unspecified atom stereocenters. The van der Waals surface area contributed by atoms with Crippen LogP contribution in [0.15, 0.2) is 21.5 Å². The second-order valence-corrected chi connectivity index (χ2v) is 7.98. The molecule has 5 nitrogen and oxygen atoms in total. The minimum atomic E-state index is -3.77. The van der Waals surface area contributed by atoms with Crippen LogP contribution in [0, 0.1) is 5.82 Å². The van der Waals surface area contributed by atoms with Gasteiger partial charge in [0.25, 0.3) is 5.91 Å². The van der Waals surface area contributed by atoms with Gasteiger partial charge in [0.05, 0.1) is 5.56 Å². The number of nitrogens with two attached hydrogens (primary N) is 1. The SMILES string of the molecule is CC(C)(CN)NC(=O)c1cc(Br)cc(S(C)(=O)=O)c1F. The highest BCUT2D eigenvalue weighted by atomic mass is 79.9. The van der Waals surface area contributed by atoms with Crippen molar-refractivity contribution in [1.29, 1.82) is 0 Å². The first-order valence-electron chi connectivity index (χ1n) is 5.69. The number of rotatable bonds is 4. The highest BCUT2D eigenvalue weighted by Gasteiger charge is 2.25. The van der Waals surface area contributed by atoms with Gasteiger partial charge < -0.3 is 11.1 Å². The number of benzene rings is 1. The second-order valence-electron chi connectivity index (χ2n) is 5.08. The molecule has 1 aromatic carbocycles. The zero-order valence-electron chi connectivity index (χ0n) is 11.3. The molecule has 0 spiro atoms. The third-order valence-corrected chi connectivity index (χ3v) is 4.16. The van der Waals surface area contributed by atoms with Gasteiger partial charge in [0.15, 0.2) is 15.7 Å². The van der Waals surface area contributed by atoms with E-state index in [2.05, 4.69) is 21.2 Å². The van der Waals surface area contributed by atoms with Gasteiger partial charge in [0.2, 0.25) is 0 Å². The molecule has 0 aliphatic heterocycles. The van der Waals surface area contributed by atoms with Gasteiger partial charge in [-0.05, 0) is 26.0 Å². The van der Waals surface area contributed by atoms with E-state index in [1.54, 1.807) is 13.8 Å². The quantitative estimate of drug-likeness (QED) is 0.843. The second kappa shape index (κ2) is 5.79. The Labute approximate surface area is 125 Å². The average molecular weight is 367 g/mol. The first-order chi connectivity index (χ1) is 8.98. The molecule has 3 N–H and O–H groups in total. The van der Waals surface area contributed by atoms with E-state index < -0.39 is 32.0 Å². The number of hydrogen-bond donors (Lipinski definition) is 2. The maximum atomic E-state index is 14.2. The molecule has 0 atom stereocenters. The first-order valence-corrected chi connectivity index (χ1v) is 8.38. The fourth-order valence-corrected chi connectivity index (χ4v) is 2.81. The van der Waals surface area contributed by atoms with Crippen LogP contribution in [0.4, 0.5) is 4.39 Å². The standard InChI is InChI=1S/C12H16BrFN2O3S/c1-12(2,6-15)16-11(17)8-4-7(13)5-9(10(8)14)20(3,18)19/h4-5H,6,15H2,1-3H3,(H,16,17). The van der Waals surface area contributed by atoms with Gasteiger partial charge in [0.1, 0.15) is 4.90 Å². The summed E-state index contributed by atoms with van der Waals surface area (Å²) in [6.45, 7) is 3.52. The lowest BCUT2D eigenvalue weighted by Gasteiger charge is -2.24. The first kappa shape index (κ1) is 17.1. The van der Waals surface area contributed by atoms with E-state index in [1.807, 2.05) is 0 Å². The summed E-state index contributed by atoms with van der Waals surface area (Å²) in [4.78, 5) is 11.5. The van der Waals surface area contributed by atoms with Gasteiger partial charge in [-0.1, -0.05) is 15.9 Å². The van der Waals surface area contributed by atoms with Gasteiger partial charge in [-0.2, -0.15) is 0 Å². The van der Waals surface area contributed by atoms with Crippen LogP contribution >= 0.6 is 15.9 Å². The van der Waals surface area contributed by atoms with E-state index >= 15 is 0 Å². The molecule has 1 aromatic rings. The smallest absolute Gasteiger partial charge is 0.254 e. The molecule has 0 aliphatic rings. The molecular weight excluding hydrogens is 351 g/mol. The van der Waals surface area contributed by atoms with Crippen molar-refractivity contribution in [2.45, 2.75) is 24.3 Å². The number of nitrogens with one attached hydrogen (secondary N) is 1. The van der Waals surface area contributed by atoms with Crippen molar-refractivity contribution in [2.75, 3.05) is 12.8 Å². The Balaban J connectivity index is 3.33. The molecule has 0 radical (unpaired) electrons. The molecule has 0 heterocycles. The summed E-state index contributed by atoms with van der Waals surface area (Å²) in [7, 11) is -3.77. The Morgan fingerprint density at radius 3 is 2.45 bits per heavy atom. The monoisotopic (exact) mass is 366 g/mol. The number of hydrogen-bond acceptors (Lipinski definition) is 4. The molecule has 1 amide bonds. The van der Waals surface area contributed by atoms with Gasteiger partial charge in [-0.15, -0.1) is 0 Å². The zero-order valence-corrected chi connectivity index (χ0v) is 13.7. The Kier molecular flexibility index (Phi) is 4.94. The maximum Gasteiger partial charge on any atom is 0.254 e. The number of carbonyl (C=O) groups excluding carboxylic acids is 1. The van der Waals surface area contributed by atoms with Crippen LogP contribution < -0.4 is 11.1 Å². The highest BCUT2D eigenvalue weighted by molar-refractivity contribution is 9.10. The van der Waals surface area contributed by atoms with Crippen LogP contribution in [0.5, 0.6) is 0 Å². The third kappa shape index (κ3) is 4.00. The summed E-state index contributed by atoms with van der Waals surface area (Å²) < 4.78 is 37.5. The summed E-state index contributed by atoms with van der Waals surface area (Å²) in [5.41, 5.74) is 4.42. The van der Waals surface area contributed by atoms with Gasteiger partial charge in [-0.25, -0.2) is 12.8 Å². The van der Waals surface area contributed by atoms with Crippen molar-refractivity contribution < 1.29 is 17.6 Å². The van der Waals surface area contributed by atoms with E-state index in [0.29, 0.717) is 4.47 Å². The fraction of sp³-hybridized carbons (Fsp3) is 0.417. The fourth-order valence-electron chi connectivity index (χ4n) is 1.42. The normalized spacial score (nSPS) is 12.3. The molecular formula is C12H16BrFN2O3S. The lowest BCUT2D eigenvalue weighted by atomic mass is 10.1. The predicted octanol–water partition coefficient (Wildman–Crippen LogP) is 1.46. The van der Waals surface area contributed by atoms with Crippen LogP contribution in [-0.4, -0.2) is 32.7 Å². The number of carbonyl (C=O) groups is 1. The predicted molar refractivity (Wildman–Crippen MR) is 77.8 cm³/mol. The van der Waals surface area contributed by atoms with Crippen molar-refractivity contribution in [1.82, 2.24) is 5.32 Å². The summed E-state index contributed by atoms with van der Waals surface area (Å²) in [6, 6.07) is 2.35. The van der Waals surface area contributed by atoms with Crippen LogP contribution in [0.25, 0.3) is 0 Å². The average Bonchev–Trinajstić information content (AvgIpc) is 2.29. The highest BCUT2D eigenvalue weighted by Crippen LogP contribution is 2.24. The summed E-state index contributed by atoms with van der Waals surface area (Å²) in [5.74, 6) is -1.79. The lowest BCUT2D eigenvalue weighted by molar-refractivity contribution is 0.0911. The molecule has 1 rings (SSSR count).